The van der Waals surface area contributed by atoms with Crippen LogP contribution in [0.5, 0.6) is 0 Å². The van der Waals surface area contributed by atoms with Crippen LogP contribution < -0.4 is 5.32 Å². The van der Waals surface area contributed by atoms with Gasteiger partial charge in [0.1, 0.15) is 6.54 Å². The number of ether oxygens (including phenoxy) is 1. The van der Waals surface area contributed by atoms with Crippen LogP contribution in [0.3, 0.4) is 0 Å². The van der Waals surface area contributed by atoms with E-state index in [9.17, 15) is 9.59 Å². The van der Waals surface area contributed by atoms with E-state index < -0.39 is 0 Å². The molecule has 4 aliphatic rings. The van der Waals surface area contributed by atoms with Crippen LogP contribution in [-0.4, -0.2) is 25.5 Å². The summed E-state index contributed by atoms with van der Waals surface area (Å²) in [5.41, 5.74) is 1.24. The number of nitrogens with one attached hydrogen (secondary N) is 1. The molecule has 4 saturated carbocycles. The lowest BCUT2D eigenvalue weighted by molar-refractivity contribution is -0.152. The molecule has 1 amide bonds. The first-order chi connectivity index (χ1) is 11.6. The molecular weight excluding hydrogens is 302 g/mol. The van der Waals surface area contributed by atoms with Gasteiger partial charge in [0, 0.05) is 0 Å². The molecule has 4 aliphatic carbocycles. The van der Waals surface area contributed by atoms with E-state index in [1.165, 1.54) is 31.9 Å². The summed E-state index contributed by atoms with van der Waals surface area (Å²) in [6.45, 7) is -0.0231. The lowest BCUT2D eigenvalue weighted by atomic mass is 9.42. The van der Waals surface area contributed by atoms with Crippen molar-refractivity contribution in [2.75, 3.05) is 13.7 Å². The number of methoxy groups -OCH3 is 1. The third kappa shape index (κ3) is 2.43. The van der Waals surface area contributed by atoms with E-state index in [-0.39, 0.29) is 29.3 Å². The molecule has 1 N–H and O–H groups in total. The molecule has 4 heteroatoms. The molecule has 4 fully saturated rings. The van der Waals surface area contributed by atoms with Gasteiger partial charge in [-0.25, -0.2) is 0 Å². The molecule has 2 unspecified atom stereocenters. The highest BCUT2D eigenvalue weighted by atomic mass is 16.5. The second-order valence-electron chi connectivity index (χ2n) is 8.15. The third-order valence-electron chi connectivity index (χ3n) is 6.55. The first kappa shape index (κ1) is 15.7. The quantitative estimate of drug-likeness (QED) is 0.865. The summed E-state index contributed by atoms with van der Waals surface area (Å²) in [4.78, 5) is 24.4. The van der Waals surface area contributed by atoms with Crippen LogP contribution in [0.25, 0.3) is 0 Å². The highest BCUT2D eigenvalue weighted by Gasteiger charge is 2.60. The highest BCUT2D eigenvalue weighted by molar-refractivity contribution is 5.87. The Bertz CT molecular complexity index is 640. The van der Waals surface area contributed by atoms with Crippen LogP contribution in [0.2, 0.25) is 0 Å². The Labute approximate surface area is 143 Å². The first-order valence-corrected chi connectivity index (χ1v) is 8.96. The van der Waals surface area contributed by atoms with Crippen molar-refractivity contribution in [1.82, 2.24) is 5.32 Å². The van der Waals surface area contributed by atoms with Gasteiger partial charge in [-0.05, 0) is 61.3 Å². The second-order valence-corrected chi connectivity index (χ2v) is 8.15. The molecule has 4 bridgehead atoms. The molecule has 24 heavy (non-hydrogen) atoms. The normalized spacial score (nSPS) is 36.4. The van der Waals surface area contributed by atoms with E-state index in [4.69, 9.17) is 0 Å². The Morgan fingerprint density at radius 3 is 2.42 bits per heavy atom. The zero-order valence-corrected chi connectivity index (χ0v) is 14.2. The predicted molar refractivity (Wildman–Crippen MR) is 90.3 cm³/mol. The fourth-order valence-electron chi connectivity index (χ4n) is 6.07. The number of rotatable bonds is 4. The molecule has 128 valence electrons. The van der Waals surface area contributed by atoms with Crippen LogP contribution in [0.4, 0.5) is 0 Å². The minimum atomic E-state index is -0.383. The molecular formula is C20H25NO3. The van der Waals surface area contributed by atoms with Crippen molar-refractivity contribution < 1.29 is 14.3 Å². The molecule has 0 spiro atoms. The van der Waals surface area contributed by atoms with Gasteiger partial charge >= 0.3 is 5.97 Å². The van der Waals surface area contributed by atoms with E-state index in [0.717, 1.165) is 19.3 Å². The van der Waals surface area contributed by atoms with Gasteiger partial charge in [0.2, 0.25) is 5.91 Å². The van der Waals surface area contributed by atoms with Gasteiger partial charge in [-0.3, -0.25) is 9.59 Å². The first-order valence-electron chi connectivity index (χ1n) is 8.96. The fourth-order valence-corrected chi connectivity index (χ4v) is 6.07. The zero-order chi connectivity index (χ0) is 16.8. The molecule has 1 aromatic rings. The Morgan fingerprint density at radius 1 is 1.12 bits per heavy atom. The molecule has 0 saturated heterocycles. The summed E-state index contributed by atoms with van der Waals surface area (Å²) in [5, 5.41) is 2.85. The fraction of sp³-hybridized carbons (Fsp3) is 0.600. The SMILES string of the molecule is COC(=O)CNC(=O)C12CC3CC(C1)CC(c1ccccc1)(C3)C2. The number of esters is 1. The predicted octanol–water partition coefficient (Wildman–Crippen LogP) is 2.81. The van der Waals surface area contributed by atoms with Crippen molar-refractivity contribution in [3.63, 3.8) is 0 Å². The van der Waals surface area contributed by atoms with Gasteiger partial charge < -0.3 is 10.1 Å². The Morgan fingerprint density at radius 2 is 1.79 bits per heavy atom. The standard InChI is InChI=1S/C20H25NO3/c1-24-17(22)12-21-18(23)20-10-14-7-15(11-20)9-19(8-14,13-20)16-5-3-2-4-6-16/h2-6,14-15H,7-13H2,1H3,(H,21,23). The number of hydrogen-bond donors (Lipinski definition) is 1. The van der Waals surface area contributed by atoms with Crippen molar-refractivity contribution in [3.8, 4) is 0 Å². The number of carbonyl (C=O) groups is 2. The second kappa shape index (κ2) is 5.61. The Hall–Kier alpha value is -1.84. The van der Waals surface area contributed by atoms with Crippen molar-refractivity contribution in [2.24, 2.45) is 17.3 Å². The van der Waals surface area contributed by atoms with E-state index in [2.05, 4.69) is 40.4 Å². The van der Waals surface area contributed by atoms with Gasteiger partial charge in [0.25, 0.3) is 0 Å². The summed E-state index contributed by atoms with van der Waals surface area (Å²) in [6, 6.07) is 10.7. The van der Waals surface area contributed by atoms with E-state index >= 15 is 0 Å². The molecule has 4 nitrogen and oxygen atoms in total. The number of hydrogen-bond acceptors (Lipinski definition) is 3. The molecule has 0 radical (unpaired) electrons. The van der Waals surface area contributed by atoms with Gasteiger partial charge in [-0.2, -0.15) is 0 Å². The van der Waals surface area contributed by atoms with Crippen molar-refractivity contribution in [2.45, 2.75) is 43.9 Å². The third-order valence-corrected chi connectivity index (χ3v) is 6.55. The maximum Gasteiger partial charge on any atom is 0.325 e. The topological polar surface area (TPSA) is 55.4 Å². The average molecular weight is 327 g/mol. The molecule has 1 aromatic carbocycles. The van der Waals surface area contributed by atoms with Crippen LogP contribution in [0.1, 0.15) is 44.1 Å². The molecule has 0 heterocycles. The lowest BCUT2D eigenvalue weighted by Gasteiger charge is -2.61. The average Bonchev–Trinajstić information content (AvgIpc) is 2.59. The van der Waals surface area contributed by atoms with Crippen LogP contribution >= 0.6 is 0 Å². The number of amides is 1. The van der Waals surface area contributed by atoms with Gasteiger partial charge in [0.15, 0.2) is 0 Å². The Balaban J connectivity index is 1.61. The summed E-state index contributed by atoms with van der Waals surface area (Å²) in [6.07, 6.45) is 6.56. The van der Waals surface area contributed by atoms with E-state index in [1.54, 1.807) is 0 Å². The molecule has 0 aromatic heterocycles. The van der Waals surface area contributed by atoms with E-state index in [1.807, 2.05) is 0 Å². The monoisotopic (exact) mass is 327 g/mol. The molecule has 2 atom stereocenters. The van der Waals surface area contributed by atoms with Crippen LogP contribution in [0.15, 0.2) is 30.3 Å². The van der Waals surface area contributed by atoms with Crippen molar-refractivity contribution >= 4 is 11.9 Å². The number of carbonyl (C=O) groups excluding carboxylic acids is 2. The smallest absolute Gasteiger partial charge is 0.325 e. The maximum absolute atomic E-state index is 13.0. The minimum absolute atomic E-state index is 0.0231. The summed E-state index contributed by atoms with van der Waals surface area (Å²) >= 11 is 0. The highest BCUT2D eigenvalue weighted by Crippen LogP contribution is 2.65. The van der Waals surface area contributed by atoms with Gasteiger partial charge in [-0.1, -0.05) is 30.3 Å². The van der Waals surface area contributed by atoms with Gasteiger partial charge in [0.05, 0.1) is 12.5 Å². The van der Waals surface area contributed by atoms with Crippen molar-refractivity contribution in [1.29, 1.82) is 0 Å². The molecule has 0 aliphatic heterocycles. The zero-order valence-electron chi connectivity index (χ0n) is 14.2. The molecule has 5 rings (SSSR count). The maximum atomic E-state index is 13.0. The lowest BCUT2D eigenvalue weighted by Crippen LogP contribution is -2.59. The summed E-state index contributed by atoms with van der Waals surface area (Å²) in [7, 11) is 1.35. The minimum Gasteiger partial charge on any atom is -0.468 e. The summed E-state index contributed by atoms with van der Waals surface area (Å²) in [5.74, 6) is 0.943. The van der Waals surface area contributed by atoms with Crippen LogP contribution in [-0.2, 0) is 19.7 Å². The van der Waals surface area contributed by atoms with Crippen molar-refractivity contribution in [3.05, 3.63) is 35.9 Å². The van der Waals surface area contributed by atoms with E-state index in [0.29, 0.717) is 11.8 Å². The summed E-state index contributed by atoms with van der Waals surface area (Å²) < 4.78 is 4.66. The Kier molecular flexibility index (Phi) is 3.66. The van der Waals surface area contributed by atoms with Gasteiger partial charge in [-0.15, -0.1) is 0 Å². The number of benzene rings is 1. The largest absolute Gasteiger partial charge is 0.468 e. The van der Waals surface area contributed by atoms with Crippen LogP contribution in [0, 0.1) is 17.3 Å².